The van der Waals surface area contributed by atoms with E-state index in [-0.39, 0.29) is 11.9 Å². The van der Waals surface area contributed by atoms with Crippen molar-refractivity contribution in [3.63, 3.8) is 0 Å². The van der Waals surface area contributed by atoms with Crippen molar-refractivity contribution in [3.8, 4) is 0 Å². The predicted octanol–water partition coefficient (Wildman–Crippen LogP) is 3.29. The Morgan fingerprint density at radius 3 is 2.19 bits per heavy atom. The molecule has 2 heteroatoms. The van der Waals surface area contributed by atoms with E-state index in [0.29, 0.717) is 0 Å². The van der Waals surface area contributed by atoms with E-state index in [1.165, 1.54) is 7.11 Å². The molecule has 86 valence electrons. The summed E-state index contributed by atoms with van der Waals surface area (Å²) in [5.41, 5.74) is 2.80. The Morgan fingerprint density at radius 1 is 1.19 bits per heavy atom. The van der Waals surface area contributed by atoms with Gasteiger partial charge in [0.05, 0.1) is 7.11 Å². The Balaban J connectivity index is 3.22. The summed E-state index contributed by atoms with van der Waals surface area (Å²) in [6.07, 6.45) is 0. The Kier molecular flexibility index (Phi) is 4.29. The van der Waals surface area contributed by atoms with Crippen molar-refractivity contribution in [1.29, 1.82) is 0 Å². The molecule has 0 aliphatic rings. The smallest absolute Gasteiger partial charge is 0.334 e. The molecule has 2 nitrogen and oxygen atoms in total. The highest BCUT2D eigenvalue weighted by molar-refractivity contribution is 5.97. The van der Waals surface area contributed by atoms with E-state index >= 15 is 0 Å². The molecule has 0 spiro atoms. The minimum absolute atomic E-state index is 0.160. The normalized spacial score (nSPS) is 12.3. The lowest BCUT2D eigenvalue weighted by atomic mass is 9.94. The molecule has 0 aliphatic heterocycles. The van der Waals surface area contributed by atoms with Crippen LogP contribution in [0.5, 0.6) is 0 Å². The highest BCUT2D eigenvalue weighted by atomic mass is 16.5. The number of benzene rings is 1. The number of methoxy groups -OCH3 is 1. The van der Waals surface area contributed by atoms with Crippen molar-refractivity contribution in [2.75, 3.05) is 7.11 Å². The SMILES string of the molecule is COC(=O)/C(=C(/C)c1ccccc1)C(C)C. The quantitative estimate of drug-likeness (QED) is 0.575. The third-order valence-corrected chi connectivity index (χ3v) is 2.59. The molecule has 0 aromatic heterocycles. The van der Waals surface area contributed by atoms with Crippen LogP contribution in [0.25, 0.3) is 5.57 Å². The van der Waals surface area contributed by atoms with Crippen LogP contribution >= 0.6 is 0 Å². The van der Waals surface area contributed by atoms with E-state index in [4.69, 9.17) is 4.74 Å². The number of rotatable bonds is 3. The number of hydrogen-bond acceptors (Lipinski definition) is 2. The predicted molar refractivity (Wildman–Crippen MR) is 65.9 cm³/mol. The van der Waals surface area contributed by atoms with Crippen LogP contribution in [-0.4, -0.2) is 13.1 Å². The van der Waals surface area contributed by atoms with Gasteiger partial charge in [-0.3, -0.25) is 0 Å². The van der Waals surface area contributed by atoms with Crippen molar-refractivity contribution < 1.29 is 9.53 Å². The van der Waals surface area contributed by atoms with Crippen LogP contribution in [-0.2, 0) is 9.53 Å². The number of ether oxygens (including phenoxy) is 1. The lowest BCUT2D eigenvalue weighted by molar-refractivity contribution is -0.136. The van der Waals surface area contributed by atoms with Crippen LogP contribution in [0.2, 0.25) is 0 Å². The lowest BCUT2D eigenvalue weighted by Crippen LogP contribution is -2.12. The number of carbonyl (C=O) groups excluding carboxylic acids is 1. The van der Waals surface area contributed by atoms with E-state index in [1.54, 1.807) is 0 Å². The minimum atomic E-state index is -0.239. The highest BCUT2D eigenvalue weighted by Crippen LogP contribution is 2.24. The summed E-state index contributed by atoms with van der Waals surface area (Å²) < 4.78 is 4.82. The van der Waals surface area contributed by atoms with Crippen LogP contribution in [0.1, 0.15) is 26.3 Å². The zero-order valence-electron chi connectivity index (χ0n) is 10.3. The number of esters is 1. The molecule has 0 unspecified atom stereocenters. The maximum absolute atomic E-state index is 11.7. The monoisotopic (exact) mass is 218 g/mol. The van der Waals surface area contributed by atoms with Gasteiger partial charge < -0.3 is 4.74 Å². The summed E-state index contributed by atoms with van der Waals surface area (Å²) in [4.78, 5) is 11.7. The molecular formula is C14H18O2. The van der Waals surface area contributed by atoms with E-state index in [0.717, 1.165) is 16.7 Å². The molecule has 1 aromatic carbocycles. The van der Waals surface area contributed by atoms with Crippen LogP contribution < -0.4 is 0 Å². The Labute approximate surface area is 96.9 Å². The van der Waals surface area contributed by atoms with Crippen molar-refractivity contribution >= 4 is 11.5 Å². The largest absolute Gasteiger partial charge is 0.466 e. The van der Waals surface area contributed by atoms with Gasteiger partial charge in [-0.2, -0.15) is 0 Å². The summed E-state index contributed by atoms with van der Waals surface area (Å²) in [7, 11) is 1.42. The second-order valence-electron chi connectivity index (χ2n) is 4.05. The molecule has 0 amide bonds. The minimum Gasteiger partial charge on any atom is -0.466 e. The molecule has 0 aliphatic carbocycles. The van der Waals surface area contributed by atoms with Crippen molar-refractivity contribution in [2.24, 2.45) is 5.92 Å². The van der Waals surface area contributed by atoms with Gasteiger partial charge in [-0.15, -0.1) is 0 Å². The van der Waals surface area contributed by atoms with Gasteiger partial charge in [-0.05, 0) is 24.0 Å². The number of carbonyl (C=O) groups is 1. The number of hydrogen-bond donors (Lipinski definition) is 0. The number of allylic oxidation sites excluding steroid dienone is 1. The van der Waals surface area contributed by atoms with E-state index in [1.807, 2.05) is 51.1 Å². The van der Waals surface area contributed by atoms with Crippen molar-refractivity contribution in [3.05, 3.63) is 41.5 Å². The third-order valence-electron chi connectivity index (χ3n) is 2.59. The van der Waals surface area contributed by atoms with Gasteiger partial charge in [0.15, 0.2) is 0 Å². The van der Waals surface area contributed by atoms with Gasteiger partial charge in [0.2, 0.25) is 0 Å². The molecule has 0 saturated carbocycles. The maximum atomic E-state index is 11.7. The molecule has 0 N–H and O–H groups in total. The molecule has 0 fully saturated rings. The summed E-state index contributed by atoms with van der Waals surface area (Å²) in [6.45, 7) is 5.96. The fourth-order valence-corrected chi connectivity index (χ4v) is 1.78. The molecule has 0 radical (unpaired) electrons. The fraction of sp³-hybridized carbons (Fsp3) is 0.357. The van der Waals surface area contributed by atoms with Gasteiger partial charge >= 0.3 is 5.97 Å². The zero-order valence-corrected chi connectivity index (χ0v) is 10.3. The van der Waals surface area contributed by atoms with Crippen molar-refractivity contribution in [1.82, 2.24) is 0 Å². The van der Waals surface area contributed by atoms with Crippen LogP contribution in [0.3, 0.4) is 0 Å². The first-order chi connectivity index (χ1) is 7.57. The van der Waals surface area contributed by atoms with Gasteiger partial charge in [0, 0.05) is 5.57 Å². The summed E-state index contributed by atoms with van der Waals surface area (Å²) in [5, 5.41) is 0. The first kappa shape index (κ1) is 12.5. The third kappa shape index (κ3) is 2.72. The molecule has 0 bridgehead atoms. The second kappa shape index (κ2) is 5.50. The zero-order chi connectivity index (χ0) is 12.1. The van der Waals surface area contributed by atoms with E-state index in [2.05, 4.69) is 0 Å². The van der Waals surface area contributed by atoms with Gasteiger partial charge in [-0.25, -0.2) is 4.79 Å². The molecule has 0 saturated heterocycles. The van der Waals surface area contributed by atoms with Gasteiger partial charge in [0.1, 0.15) is 0 Å². The highest BCUT2D eigenvalue weighted by Gasteiger charge is 2.17. The fourth-order valence-electron chi connectivity index (χ4n) is 1.78. The Hall–Kier alpha value is -1.57. The topological polar surface area (TPSA) is 26.3 Å². The first-order valence-corrected chi connectivity index (χ1v) is 5.42. The molecule has 0 heterocycles. The Bertz CT molecular complexity index is 388. The van der Waals surface area contributed by atoms with Crippen LogP contribution in [0.15, 0.2) is 35.9 Å². The van der Waals surface area contributed by atoms with Crippen LogP contribution in [0, 0.1) is 5.92 Å². The first-order valence-electron chi connectivity index (χ1n) is 5.42. The molecule has 16 heavy (non-hydrogen) atoms. The lowest BCUT2D eigenvalue weighted by Gasteiger charge is -2.13. The second-order valence-corrected chi connectivity index (χ2v) is 4.05. The summed E-state index contributed by atoms with van der Waals surface area (Å²) in [5.74, 6) is -0.0796. The molecule has 1 rings (SSSR count). The van der Waals surface area contributed by atoms with Gasteiger partial charge in [-0.1, -0.05) is 44.2 Å². The van der Waals surface area contributed by atoms with E-state index < -0.39 is 0 Å². The molecule has 0 atom stereocenters. The van der Waals surface area contributed by atoms with Gasteiger partial charge in [0.25, 0.3) is 0 Å². The maximum Gasteiger partial charge on any atom is 0.334 e. The van der Waals surface area contributed by atoms with Crippen molar-refractivity contribution in [2.45, 2.75) is 20.8 Å². The molecular weight excluding hydrogens is 200 g/mol. The van der Waals surface area contributed by atoms with E-state index in [9.17, 15) is 4.79 Å². The summed E-state index contributed by atoms with van der Waals surface area (Å²) >= 11 is 0. The average molecular weight is 218 g/mol. The Morgan fingerprint density at radius 2 is 1.75 bits per heavy atom. The van der Waals surface area contributed by atoms with Crippen LogP contribution in [0.4, 0.5) is 0 Å². The standard InChI is InChI=1S/C14H18O2/c1-10(2)13(14(15)16-4)11(3)12-8-6-5-7-9-12/h5-10H,1-4H3/b13-11-. The average Bonchev–Trinajstić information content (AvgIpc) is 2.29. The summed E-state index contributed by atoms with van der Waals surface area (Å²) in [6, 6.07) is 9.90. The molecule has 1 aromatic rings.